The van der Waals surface area contributed by atoms with Gasteiger partial charge in [-0.3, -0.25) is 0 Å². The molecule has 0 aliphatic rings. The van der Waals surface area contributed by atoms with E-state index in [-0.39, 0.29) is 0 Å². The Labute approximate surface area is 76.4 Å². The van der Waals surface area contributed by atoms with Gasteiger partial charge in [0.2, 0.25) is 0 Å². The zero-order valence-electron chi connectivity index (χ0n) is 7.27. The van der Waals surface area contributed by atoms with Crippen LogP contribution in [0.2, 0.25) is 0 Å². The molecule has 0 amide bonds. The molecule has 68 valence electrons. The van der Waals surface area contributed by atoms with Gasteiger partial charge in [-0.2, -0.15) is 0 Å². The largest absolute Gasteiger partial charge is 0.463 e. The van der Waals surface area contributed by atoms with Crippen LogP contribution in [0.15, 0.2) is 45.6 Å². The summed E-state index contributed by atoms with van der Waals surface area (Å²) in [6, 6.07) is 7.74. The van der Waals surface area contributed by atoms with Gasteiger partial charge in [-0.25, -0.2) is 0 Å². The van der Waals surface area contributed by atoms with E-state index in [9.17, 15) is 0 Å². The lowest BCUT2D eigenvalue weighted by Gasteiger charge is -1.95. The first-order chi connectivity index (χ1) is 6.45. The number of quaternary nitrogens is 1. The third kappa shape index (κ3) is 2.23. The maximum Gasteiger partial charge on any atom is 0.157 e. The van der Waals surface area contributed by atoms with E-state index in [0.717, 1.165) is 24.6 Å². The number of nitrogens with two attached hydrogens (primary N) is 1. The van der Waals surface area contributed by atoms with Gasteiger partial charge in [0.05, 0.1) is 12.5 Å². The standard InChI is InChI=1S/C10H11NO2/c1-3-9(12-5-1)7-11-8-10-4-2-6-13-10/h1-6,11H,7-8H2/p+1. The van der Waals surface area contributed by atoms with Crippen LogP contribution in [-0.2, 0) is 13.1 Å². The lowest BCUT2D eigenvalue weighted by atomic mass is 10.4. The van der Waals surface area contributed by atoms with Crippen molar-refractivity contribution in [3.05, 3.63) is 48.3 Å². The van der Waals surface area contributed by atoms with E-state index in [2.05, 4.69) is 5.32 Å². The molecule has 2 N–H and O–H groups in total. The van der Waals surface area contributed by atoms with Gasteiger partial charge in [-0.05, 0) is 24.3 Å². The Morgan fingerprint density at radius 3 is 1.85 bits per heavy atom. The number of furan rings is 2. The Hall–Kier alpha value is -1.48. The smallest absolute Gasteiger partial charge is 0.157 e. The van der Waals surface area contributed by atoms with Crippen molar-refractivity contribution < 1.29 is 14.2 Å². The monoisotopic (exact) mass is 178 g/mol. The van der Waals surface area contributed by atoms with Gasteiger partial charge in [0, 0.05) is 0 Å². The normalized spacial score (nSPS) is 10.5. The van der Waals surface area contributed by atoms with Crippen LogP contribution in [0, 0.1) is 0 Å². The minimum atomic E-state index is 0.855. The van der Waals surface area contributed by atoms with Crippen LogP contribution in [0.5, 0.6) is 0 Å². The first-order valence-corrected chi connectivity index (χ1v) is 4.31. The van der Waals surface area contributed by atoms with Crippen molar-refractivity contribution in [2.75, 3.05) is 0 Å². The lowest BCUT2D eigenvalue weighted by molar-refractivity contribution is -0.689. The molecule has 0 fully saturated rings. The molecule has 2 rings (SSSR count). The van der Waals surface area contributed by atoms with Crippen molar-refractivity contribution in [2.45, 2.75) is 13.1 Å². The Morgan fingerprint density at radius 2 is 1.46 bits per heavy atom. The third-order valence-electron chi connectivity index (χ3n) is 1.85. The summed E-state index contributed by atoms with van der Waals surface area (Å²) < 4.78 is 10.4. The molecule has 0 aliphatic heterocycles. The molecule has 3 heteroatoms. The van der Waals surface area contributed by atoms with Gasteiger partial charge >= 0.3 is 0 Å². The van der Waals surface area contributed by atoms with Crippen LogP contribution in [0.1, 0.15) is 11.5 Å². The lowest BCUT2D eigenvalue weighted by Crippen LogP contribution is -2.80. The Balaban J connectivity index is 1.76. The second kappa shape index (κ2) is 3.96. The van der Waals surface area contributed by atoms with Crippen LogP contribution >= 0.6 is 0 Å². The van der Waals surface area contributed by atoms with Crippen molar-refractivity contribution in [1.82, 2.24) is 0 Å². The molecule has 0 unspecified atom stereocenters. The number of hydrogen-bond acceptors (Lipinski definition) is 2. The van der Waals surface area contributed by atoms with Crippen molar-refractivity contribution in [3.63, 3.8) is 0 Å². The quantitative estimate of drug-likeness (QED) is 0.762. The average Bonchev–Trinajstić information content (AvgIpc) is 2.75. The molecular formula is C10H12NO2+. The molecule has 0 saturated heterocycles. The molecule has 0 spiro atoms. The first kappa shape index (κ1) is 8.13. The topological polar surface area (TPSA) is 42.9 Å². The summed E-state index contributed by atoms with van der Waals surface area (Å²) >= 11 is 0. The van der Waals surface area contributed by atoms with E-state index in [1.54, 1.807) is 12.5 Å². The Morgan fingerprint density at radius 1 is 0.923 bits per heavy atom. The summed E-state index contributed by atoms with van der Waals surface area (Å²) in [4.78, 5) is 0. The van der Waals surface area contributed by atoms with Crippen LogP contribution in [-0.4, -0.2) is 0 Å². The summed E-state index contributed by atoms with van der Waals surface area (Å²) in [5.74, 6) is 1.98. The zero-order chi connectivity index (χ0) is 8.93. The Kier molecular flexibility index (Phi) is 2.48. The van der Waals surface area contributed by atoms with E-state index in [1.807, 2.05) is 24.3 Å². The summed E-state index contributed by atoms with van der Waals surface area (Å²) in [6.07, 6.45) is 3.38. The number of rotatable bonds is 4. The molecular weight excluding hydrogens is 166 g/mol. The summed E-state index contributed by atoms with van der Waals surface area (Å²) in [7, 11) is 0. The fourth-order valence-electron chi connectivity index (χ4n) is 1.21. The van der Waals surface area contributed by atoms with Crippen molar-refractivity contribution in [2.24, 2.45) is 0 Å². The second-order valence-corrected chi connectivity index (χ2v) is 2.86. The molecule has 0 saturated carbocycles. The molecule has 0 radical (unpaired) electrons. The molecule has 0 aromatic carbocycles. The molecule has 0 bridgehead atoms. The van der Waals surface area contributed by atoms with Gasteiger partial charge in [-0.1, -0.05) is 0 Å². The highest BCUT2D eigenvalue weighted by Crippen LogP contribution is 1.98. The highest BCUT2D eigenvalue weighted by atomic mass is 16.3. The second-order valence-electron chi connectivity index (χ2n) is 2.86. The van der Waals surface area contributed by atoms with Crippen molar-refractivity contribution in [1.29, 1.82) is 0 Å². The van der Waals surface area contributed by atoms with E-state index in [1.165, 1.54) is 0 Å². The fourth-order valence-corrected chi connectivity index (χ4v) is 1.21. The van der Waals surface area contributed by atoms with E-state index >= 15 is 0 Å². The molecule has 2 aromatic rings. The summed E-state index contributed by atoms with van der Waals surface area (Å²) in [5.41, 5.74) is 0. The molecule has 0 aliphatic carbocycles. The average molecular weight is 178 g/mol. The van der Waals surface area contributed by atoms with Crippen LogP contribution in [0.3, 0.4) is 0 Å². The fraction of sp³-hybridized carbons (Fsp3) is 0.200. The van der Waals surface area contributed by atoms with Gasteiger partial charge in [0.15, 0.2) is 11.5 Å². The van der Waals surface area contributed by atoms with Gasteiger partial charge < -0.3 is 14.2 Å². The third-order valence-corrected chi connectivity index (χ3v) is 1.85. The summed E-state index contributed by atoms with van der Waals surface area (Å²) in [6.45, 7) is 1.71. The molecule has 2 aromatic heterocycles. The van der Waals surface area contributed by atoms with Gasteiger partial charge in [0.25, 0.3) is 0 Å². The van der Waals surface area contributed by atoms with Crippen LogP contribution in [0.4, 0.5) is 0 Å². The molecule has 2 heterocycles. The minimum Gasteiger partial charge on any atom is -0.463 e. The first-order valence-electron chi connectivity index (χ1n) is 4.31. The number of hydrogen-bond donors (Lipinski definition) is 1. The van der Waals surface area contributed by atoms with Gasteiger partial charge in [0.1, 0.15) is 13.1 Å². The zero-order valence-corrected chi connectivity index (χ0v) is 7.27. The summed E-state index contributed by atoms with van der Waals surface area (Å²) in [5, 5.41) is 2.14. The maximum absolute atomic E-state index is 5.19. The van der Waals surface area contributed by atoms with E-state index in [0.29, 0.717) is 0 Å². The predicted octanol–water partition coefficient (Wildman–Crippen LogP) is 1.14. The molecule has 3 nitrogen and oxygen atoms in total. The Bertz CT molecular complexity index is 289. The van der Waals surface area contributed by atoms with Crippen LogP contribution in [0.25, 0.3) is 0 Å². The predicted molar refractivity (Wildman–Crippen MR) is 46.7 cm³/mol. The molecule has 13 heavy (non-hydrogen) atoms. The maximum atomic E-state index is 5.19. The van der Waals surface area contributed by atoms with E-state index in [4.69, 9.17) is 8.83 Å². The minimum absolute atomic E-state index is 0.855. The highest BCUT2D eigenvalue weighted by Gasteiger charge is 2.00. The van der Waals surface area contributed by atoms with Crippen LogP contribution < -0.4 is 5.32 Å². The van der Waals surface area contributed by atoms with E-state index < -0.39 is 0 Å². The highest BCUT2D eigenvalue weighted by molar-refractivity contribution is 4.97. The van der Waals surface area contributed by atoms with Crippen molar-refractivity contribution >= 4 is 0 Å². The van der Waals surface area contributed by atoms with Crippen molar-refractivity contribution in [3.8, 4) is 0 Å². The SMILES string of the molecule is c1coc(C[NH2+]Cc2ccco2)c1. The van der Waals surface area contributed by atoms with Gasteiger partial charge in [-0.15, -0.1) is 0 Å². The molecule has 0 atom stereocenters.